The van der Waals surface area contributed by atoms with E-state index in [-0.39, 0.29) is 5.91 Å². The zero-order chi connectivity index (χ0) is 16.8. The quantitative estimate of drug-likeness (QED) is 0.857. The molecule has 1 amide bonds. The van der Waals surface area contributed by atoms with E-state index in [9.17, 15) is 4.79 Å². The fraction of sp³-hybridized carbons (Fsp3) is 0.421. The molecule has 0 bridgehead atoms. The Balaban J connectivity index is 1.58. The highest BCUT2D eigenvalue weighted by Gasteiger charge is 2.16. The highest BCUT2D eigenvalue weighted by Crippen LogP contribution is 2.21. The molecule has 1 saturated carbocycles. The van der Waals surface area contributed by atoms with Crippen LogP contribution >= 0.6 is 0 Å². The minimum atomic E-state index is -0.147. The number of aromatic nitrogens is 2. The highest BCUT2D eigenvalue weighted by atomic mass is 16.1. The van der Waals surface area contributed by atoms with Crippen LogP contribution in [0.25, 0.3) is 0 Å². The molecular weight excluding hydrogens is 300 g/mol. The molecule has 126 valence electrons. The average Bonchev–Trinajstić information content (AvgIpc) is 3.08. The van der Waals surface area contributed by atoms with Crippen molar-refractivity contribution in [1.29, 1.82) is 0 Å². The van der Waals surface area contributed by atoms with Gasteiger partial charge in [-0.1, -0.05) is 43.2 Å². The second kappa shape index (κ2) is 7.90. The van der Waals surface area contributed by atoms with Crippen molar-refractivity contribution in [2.45, 2.75) is 45.1 Å². The van der Waals surface area contributed by atoms with Gasteiger partial charge in [0, 0.05) is 18.7 Å². The summed E-state index contributed by atoms with van der Waals surface area (Å²) in [6, 6.07) is 12.3. The topological polar surface area (TPSA) is 66.9 Å². The molecule has 0 saturated heterocycles. The number of anilines is 1. The van der Waals surface area contributed by atoms with Crippen LogP contribution in [0.2, 0.25) is 0 Å². The third-order valence-electron chi connectivity index (χ3n) is 4.32. The summed E-state index contributed by atoms with van der Waals surface area (Å²) in [4.78, 5) is 21.0. The third-order valence-corrected chi connectivity index (χ3v) is 4.32. The van der Waals surface area contributed by atoms with E-state index in [0.29, 0.717) is 24.1 Å². The zero-order valence-corrected chi connectivity index (χ0v) is 14.1. The van der Waals surface area contributed by atoms with Gasteiger partial charge in [-0.3, -0.25) is 4.79 Å². The summed E-state index contributed by atoms with van der Waals surface area (Å²) < 4.78 is 0. The molecule has 0 spiro atoms. The second-order valence-electron chi connectivity index (χ2n) is 6.30. The van der Waals surface area contributed by atoms with Gasteiger partial charge in [-0.05, 0) is 31.7 Å². The summed E-state index contributed by atoms with van der Waals surface area (Å²) in [5, 5.41) is 6.37. The number of nitrogens with zero attached hydrogens (tertiary/aromatic N) is 2. The maximum absolute atomic E-state index is 12.3. The number of benzene rings is 1. The molecule has 0 unspecified atom stereocenters. The van der Waals surface area contributed by atoms with Gasteiger partial charge in [0.05, 0.1) is 0 Å². The Labute approximate surface area is 142 Å². The van der Waals surface area contributed by atoms with Gasteiger partial charge in [-0.15, -0.1) is 0 Å². The maximum atomic E-state index is 12.3. The minimum absolute atomic E-state index is 0.147. The van der Waals surface area contributed by atoms with Crippen molar-refractivity contribution < 1.29 is 4.79 Å². The van der Waals surface area contributed by atoms with Gasteiger partial charge in [0.25, 0.3) is 5.91 Å². The Hall–Kier alpha value is -2.43. The van der Waals surface area contributed by atoms with Crippen molar-refractivity contribution in [3.05, 3.63) is 53.5 Å². The summed E-state index contributed by atoms with van der Waals surface area (Å²) in [5.74, 6) is 1.22. The van der Waals surface area contributed by atoms with Gasteiger partial charge in [-0.25, -0.2) is 9.97 Å². The average molecular weight is 324 g/mol. The highest BCUT2D eigenvalue weighted by molar-refractivity contribution is 5.92. The number of hydrogen-bond donors (Lipinski definition) is 2. The smallest absolute Gasteiger partial charge is 0.270 e. The normalized spacial score (nSPS) is 14.5. The van der Waals surface area contributed by atoms with Crippen LogP contribution in [0, 0.1) is 6.92 Å². The van der Waals surface area contributed by atoms with Crippen LogP contribution in [0.4, 0.5) is 5.82 Å². The first-order chi connectivity index (χ1) is 11.7. The van der Waals surface area contributed by atoms with Crippen molar-refractivity contribution in [3.63, 3.8) is 0 Å². The first-order valence-corrected chi connectivity index (χ1v) is 8.65. The van der Waals surface area contributed by atoms with Gasteiger partial charge in [0.1, 0.15) is 17.3 Å². The lowest BCUT2D eigenvalue weighted by Crippen LogP contribution is -2.27. The minimum Gasteiger partial charge on any atom is -0.367 e. The summed E-state index contributed by atoms with van der Waals surface area (Å²) in [5.41, 5.74) is 1.64. The summed E-state index contributed by atoms with van der Waals surface area (Å²) in [6.07, 6.45) is 5.66. The van der Waals surface area contributed by atoms with Crippen LogP contribution in [0.3, 0.4) is 0 Å². The van der Waals surface area contributed by atoms with Crippen LogP contribution < -0.4 is 10.6 Å². The largest absolute Gasteiger partial charge is 0.367 e. The van der Waals surface area contributed by atoms with Crippen LogP contribution in [0.5, 0.6) is 0 Å². The zero-order valence-electron chi connectivity index (χ0n) is 14.1. The molecule has 5 nitrogen and oxygen atoms in total. The van der Waals surface area contributed by atoms with E-state index in [0.717, 1.165) is 12.2 Å². The van der Waals surface area contributed by atoms with Gasteiger partial charge in [0.15, 0.2) is 0 Å². The van der Waals surface area contributed by atoms with Crippen LogP contribution in [-0.4, -0.2) is 28.5 Å². The number of carbonyl (C=O) groups excluding carboxylic acids is 1. The molecule has 2 aromatic rings. The first-order valence-electron chi connectivity index (χ1n) is 8.65. The lowest BCUT2D eigenvalue weighted by molar-refractivity contribution is 0.0949. The van der Waals surface area contributed by atoms with E-state index in [1.165, 1.54) is 31.2 Å². The second-order valence-corrected chi connectivity index (χ2v) is 6.30. The fourth-order valence-electron chi connectivity index (χ4n) is 3.09. The number of hydrogen-bond acceptors (Lipinski definition) is 4. The summed E-state index contributed by atoms with van der Waals surface area (Å²) >= 11 is 0. The predicted octanol–water partition coefficient (Wildman–Crippen LogP) is 3.11. The number of aryl methyl sites for hydroxylation is 1. The number of amides is 1. The predicted molar refractivity (Wildman–Crippen MR) is 95.1 cm³/mol. The van der Waals surface area contributed by atoms with E-state index in [1.54, 1.807) is 6.07 Å². The van der Waals surface area contributed by atoms with Gasteiger partial charge in [0.2, 0.25) is 0 Å². The standard InChI is InChI=1S/C19H24N4O/c1-14-21-17(13-18(22-14)23-16-9-5-6-10-16)19(24)20-12-11-15-7-3-2-4-8-15/h2-4,7-8,13,16H,5-6,9-12H2,1H3,(H,20,24)(H,21,22,23). The molecular formula is C19H24N4O. The molecule has 24 heavy (non-hydrogen) atoms. The van der Waals surface area contributed by atoms with E-state index in [2.05, 4.69) is 32.7 Å². The molecule has 5 heteroatoms. The molecule has 0 atom stereocenters. The first kappa shape index (κ1) is 16.4. The summed E-state index contributed by atoms with van der Waals surface area (Å²) in [7, 11) is 0. The monoisotopic (exact) mass is 324 g/mol. The molecule has 3 rings (SSSR count). The van der Waals surface area contributed by atoms with Crippen molar-refractivity contribution in [3.8, 4) is 0 Å². The number of rotatable bonds is 6. The van der Waals surface area contributed by atoms with E-state index in [1.807, 2.05) is 25.1 Å². The van der Waals surface area contributed by atoms with E-state index >= 15 is 0 Å². The van der Waals surface area contributed by atoms with Gasteiger partial charge >= 0.3 is 0 Å². The fourth-order valence-corrected chi connectivity index (χ4v) is 3.09. The van der Waals surface area contributed by atoms with Crippen molar-refractivity contribution in [2.75, 3.05) is 11.9 Å². The molecule has 1 aromatic heterocycles. The molecule has 1 aliphatic rings. The Morgan fingerprint density at radius 2 is 1.92 bits per heavy atom. The Morgan fingerprint density at radius 3 is 2.67 bits per heavy atom. The molecule has 0 aliphatic heterocycles. The van der Waals surface area contributed by atoms with Crippen LogP contribution in [0.15, 0.2) is 36.4 Å². The van der Waals surface area contributed by atoms with Crippen LogP contribution in [0.1, 0.15) is 47.6 Å². The molecule has 1 aliphatic carbocycles. The number of carbonyl (C=O) groups is 1. The van der Waals surface area contributed by atoms with E-state index in [4.69, 9.17) is 0 Å². The van der Waals surface area contributed by atoms with Crippen molar-refractivity contribution >= 4 is 11.7 Å². The molecule has 1 fully saturated rings. The van der Waals surface area contributed by atoms with Gasteiger partial charge < -0.3 is 10.6 Å². The lowest BCUT2D eigenvalue weighted by atomic mass is 10.1. The third kappa shape index (κ3) is 4.54. The van der Waals surface area contributed by atoms with Gasteiger partial charge in [-0.2, -0.15) is 0 Å². The Kier molecular flexibility index (Phi) is 5.41. The van der Waals surface area contributed by atoms with Crippen molar-refractivity contribution in [1.82, 2.24) is 15.3 Å². The molecule has 1 heterocycles. The SMILES string of the molecule is Cc1nc(NC2CCCC2)cc(C(=O)NCCc2ccccc2)n1. The molecule has 1 aromatic carbocycles. The molecule has 0 radical (unpaired) electrons. The molecule has 2 N–H and O–H groups in total. The van der Waals surface area contributed by atoms with E-state index < -0.39 is 0 Å². The Morgan fingerprint density at radius 1 is 1.17 bits per heavy atom. The summed E-state index contributed by atoms with van der Waals surface area (Å²) in [6.45, 7) is 2.41. The number of nitrogens with one attached hydrogen (secondary N) is 2. The Bertz CT molecular complexity index is 681. The maximum Gasteiger partial charge on any atom is 0.270 e. The lowest BCUT2D eigenvalue weighted by Gasteiger charge is -2.14. The van der Waals surface area contributed by atoms with Crippen molar-refractivity contribution in [2.24, 2.45) is 0 Å². The van der Waals surface area contributed by atoms with Crippen LogP contribution in [-0.2, 0) is 6.42 Å².